The smallest absolute Gasteiger partial charge is 0.221 e. The number of amides is 1. The van der Waals surface area contributed by atoms with Crippen LogP contribution in [0.4, 0.5) is 11.4 Å². The van der Waals surface area contributed by atoms with Crippen molar-refractivity contribution in [2.45, 2.75) is 46.7 Å². The van der Waals surface area contributed by atoms with E-state index in [9.17, 15) is 4.79 Å². The molecule has 1 aliphatic heterocycles. The highest BCUT2D eigenvalue weighted by Crippen LogP contribution is 2.44. The van der Waals surface area contributed by atoms with Crippen LogP contribution in [0.5, 0.6) is 0 Å². The zero-order valence-electron chi connectivity index (χ0n) is 21.7. The molecule has 1 fully saturated rings. The molecule has 2 atom stereocenters. The minimum absolute atomic E-state index is 0.0990. The molecular formula is C30H31N5OS. The van der Waals surface area contributed by atoms with Crippen LogP contribution >= 0.6 is 12.2 Å². The number of hydrogen-bond acceptors (Lipinski definition) is 3. The summed E-state index contributed by atoms with van der Waals surface area (Å²) in [6.07, 6.45) is 1.82. The number of benzene rings is 2. The summed E-state index contributed by atoms with van der Waals surface area (Å²) >= 11 is 5.90. The first-order chi connectivity index (χ1) is 17.8. The minimum atomic E-state index is -0.128. The first-order valence-corrected chi connectivity index (χ1v) is 12.8. The zero-order valence-corrected chi connectivity index (χ0v) is 22.6. The molecule has 0 aliphatic carbocycles. The Hall–Kier alpha value is -3.97. The third-order valence-corrected chi connectivity index (χ3v) is 7.48. The second-order valence-electron chi connectivity index (χ2n) is 9.61. The molecule has 1 saturated heterocycles. The van der Waals surface area contributed by atoms with E-state index in [1.807, 2.05) is 48.7 Å². The van der Waals surface area contributed by atoms with E-state index < -0.39 is 0 Å². The van der Waals surface area contributed by atoms with Gasteiger partial charge < -0.3 is 20.1 Å². The summed E-state index contributed by atoms with van der Waals surface area (Å²) in [6.45, 7) is 10.2. The lowest BCUT2D eigenvalue weighted by Gasteiger charge is -2.28. The van der Waals surface area contributed by atoms with Crippen molar-refractivity contribution in [3.63, 3.8) is 0 Å². The molecule has 0 unspecified atom stereocenters. The predicted octanol–water partition coefficient (Wildman–Crippen LogP) is 6.24. The summed E-state index contributed by atoms with van der Waals surface area (Å²) in [7, 11) is 0. The van der Waals surface area contributed by atoms with Crippen LogP contribution in [-0.4, -0.2) is 20.6 Å². The fourth-order valence-corrected chi connectivity index (χ4v) is 5.64. The van der Waals surface area contributed by atoms with Crippen LogP contribution in [0.25, 0.3) is 5.69 Å². The van der Waals surface area contributed by atoms with Gasteiger partial charge in [0.15, 0.2) is 5.11 Å². The highest BCUT2D eigenvalue weighted by Gasteiger charge is 2.42. The quantitative estimate of drug-likeness (QED) is 0.312. The molecule has 2 aromatic carbocycles. The first kappa shape index (κ1) is 24.7. The van der Waals surface area contributed by atoms with Crippen molar-refractivity contribution in [2.24, 2.45) is 0 Å². The molecule has 2 aromatic heterocycles. The second-order valence-corrected chi connectivity index (χ2v) is 9.99. The molecule has 0 spiro atoms. The van der Waals surface area contributed by atoms with Crippen molar-refractivity contribution in [1.29, 1.82) is 0 Å². The second kappa shape index (κ2) is 9.82. The molecular weight excluding hydrogens is 478 g/mol. The molecule has 4 aromatic rings. The summed E-state index contributed by atoms with van der Waals surface area (Å²) < 4.78 is 2.34. The molecule has 2 N–H and O–H groups in total. The minimum Gasteiger partial charge on any atom is -0.351 e. The molecule has 1 aliphatic rings. The molecule has 6 nitrogen and oxygen atoms in total. The molecule has 3 heterocycles. The maximum absolute atomic E-state index is 11.5. The van der Waals surface area contributed by atoms with Crippen LogP contribution in [0, 0.1) is 27.7 Å². The topological polar surface area (TPSA) is 62.2 Å². The van der Waals surface area contributed by atoms with Crippen molar-refractivity contribution in [3.8, 4) is 5.69 Å². The van der Waals surface area contributed by atoms with E-state index in [2.05, 4.69) is 77.0 Å². The van der Waals surface area contributed by atoms with Gasteiger partial charge in [-0.25, -0.2) is 0 Å². The summed E-state index contributed by atoms with van der Waals surface area (Å²) in [5, 5.41) is 7.03. The Labute approximate surface area is 223 Å². The zero-order chi connectivity index (χ0) is 26.3. The SMILES string of the molecule is CC(=O)Nc1ccc(N2C(=S)N[C@@H](c3ccccn3)[C@@H]2c2cc(C)n(-c3cccc(C)c3C)c2C)cc1. The molecule has 5 rings (SSSR count). The number of pyridine rings is 1. The summed E-state index contributed by atoms with van der Waals surface area (Å²) in [4.78, 5) is 18.4. The van der Waals surface area contributed by atoms with Gasteiger partial charge in [-0.2, -0.15) is 0 Å². The van der Waals surface area contributed by atoms with E-state index >= 15 is 0 Å². The number of carbonyl (C=O) groups is 1. The molecule has 1 amide bonds. The fourth-order valence-electron chi connectivity index (χ4n) is 5.29. The van der Waals surface area contributed by atoms with E-state index in [1.54, 1.807) is 0 Å². The van der Waals surface area contributed by atoms with Crippen LogP contribution in [0.2, 0.25) is 0 Å². The average molecular weight is 510 g/mol. The normalized spacial score (nSPS) is 17.1. The summed E-state index contributed by atoms with van der Waals surface area (Å²) in [6, 6.07) is 22.3. The Morgan fingerprint density at radius 3 is 2.43 bits per heavy atom. The first-order valence-electron chi connectivity index (χ1n) is 12.4. The Bertz CT molecular complexity index is 1480. The highest BCUT2D eigenvalue weighted by molar-refractivity contribution is 7.80. The van der Waals surface area contributed by atoms with E-state index in [1.165, 1.54) is 40.7 Å². The van der Waals surface area contributed by atoms with Crippen LogP contribution in [0.3, 0.4) is 0 Å². The van der Waals surface area contributed by atoms with Gasteiger partial charge in [0.1, 0.15) is 0 Å². The monoisotopic (exact) mass is 509 g/mol. The number of rotatable bonds is 5. The van der Waals surface area contributed by atoms with Gasteiger partial charge in [0, 0.05) is 41.6 Å². The number of aromatic nitrogens is 2. The summed E-state index contributed by atoms with van der Waals surface area (Å²) in [5.74, 6) is -0.0990. The molecule has 37 heavy (non-hydrogen) atoms. The van der Waals surface area contributed by atoms with Crippen molar-refractivity contribution in [1.82, 2.24) is 14.9 Å². The van der Waals surface area contributed by atoms with Crippen molar-refractivity contribution >= 4 is 34.6 Å². The van der Waals surface area contributed by atoms with Gasteiger partial charge in [0.2, 0.25) is 5.91 Å². The van der Waals surface area contributed by atoms with Crippen LogP contribution in [0.1, 0.15) is 52.8 Å². The van der Waals surface area contributed by atoms with Crippen molar-refractivity contribution in [3.05, 3.63) is 107 Å². The number of anilines is 2. The summed E-state index contributed by atoms with van der Waals surface area (Å²) in [5.41, 5.74) is 9.88. The number of hydrogen-bond donors (Lipinski definition) is 2. The van der Waals surface area contributed by atoms with E-state index in [0.717, 1.165) is 17.1 Å². The van der Waals surface area contributed by atoms with Gasteiger partial charge in [-0.05, 0) is 105 Å². The lowest BCUT2D eigenvalue weighted by molar-refractivity contribution is -0.114. The number of carbonyl (C=O) groups excluding carboxylic acids is 1. The van der Waals surface area contributed by atoms with Gasteiger partial charge in [-0.1, -0.05) is 18.2 Å². The number of aryl methyl sites for hydroxylation is 2. The van der Waals surface area contributed by atoms with Gasteiger partial charge in [0.25, 0.3) is 0 Å². The molecule has 188 valence electrons. The van der Waals surface area contributed by atoms with E-state index in [-0.39, 0.29) is 18.0 Å². The largest absolute Gasteiger partial charge is 0.351 e. The predicted molar refractivity (Wildman–Crippen MR) is 153 cm³/mol. The Kier molecular flexibility index (Phi) is 6.56. The highest BCUT2D eigenvalue weighted by atomic mass is 32.1. The van der Waals surface area contributed by atoms with Crippen molar-refractivity contribution < 1.29 is 4.79 Å². The standard InChI is InChI=1S/C30H31N5OS/c1-18-9-8-11-27(20(18)3)34-19(2)17-25(21(34)4)29-28(26-10-6-7-16-31-26)33-30(37)35(29)24-14-12-23(13-15-24)32-22(5)36/h6-17,28-29H,1-5H3,(H,32,36)(H,33,37)/t28-,29-/m0/s1. The number of nitrogens with one attached hydrogen (secondary N) is 2. The maximum atomic E-state index is 11.5. The number of thiocarbonyl (C=S) groups is 1. The Balaban J connectivity index is 1.65. The maximum Gasteiger partial charge on any atom is 0.221 e. The van der Waals surface area contributed by atoms with Gasteiger partial charge >= 0.3 is 0 Å². The third-order valence-electron chi connectivity index (χ3n) is 7.17. The van der Waals surface area contributed by atoms with Crippen molar-refractivity contribution in [2.75, 3.05) is 10.2 Å². The molecule has 0 radical (unpaired) electrons. The molecule has 0 bridgehead atoms. The molecule has 0 saturated carbocycles. The van der Waals surface area contributed by atoms with Gasteiger partial charge in [0.05, 0.1) is 17.8 Å². The average Bonchev–Trinajstić information content (AvgIpc) is 3.37. The van der Waals surface area contributed by atoms with Crippen LogP contribution < -0.4 is 15.5 Å². The third kappa shape index (κ3) is 4.51. The van der Waals surface area contributed by atoms with Gasteiger partial charge in [-0.3, -0.25) is 9.78 Å². The lowest BCUT2D eigenvalue weighted by atomic mass is 9.96. The van der Waals surface area contributed by atoms with Crippen LogP contribution in [0.15, 0.2) is 72.9 Å². The Morgan fingerprint density at radius 1 is 1.00 bits per heavy atom. The molecule has 7 heteroatoms. The number of nitrogens with zero attached hydrogens (tertiary/aromatic N) is 3. The van der Waals surface area contributed by atoms with E-state index in [4.69, 9.17) is 12.2 Å². The Morgan fingerprint density at radius 2 is 1.76 bits per heavy atom. The fraction of sp³-hybridized carbons (Fsp3) is 0.233. The van der Waals surface area contributed by atoms with E-state index in [0.29, 0.717) is 5.11 Å². The van der Waals surface area contributed by atoms with Crippen LogP contribution in [-0.2, 0) is 4.79 Å². The van der Waals surface area contributed by atoms with Gasteiger partial charge in [-0.15, -0.1) is 0 Å². The lowest BCUT2D eigenvalue weighted by Crippen LogP contribution is -2.29.